The van der Waals surface area contributed by atoms with Gasteiger partial charge >= 0.3 is 0 Å². The molecule has 3 atom stereocenters. The van der Waals surface area contributed by atoms with Crippen molar-refractivity contribution in [2.24, 2.45) is 0 Å². The van der Waals surface area contributed by atoms with Crippen molar-refractivity contribution in [3.05, 3.63) is 90.0 Å². The first-order valence-corrected chi connectivity index (χ1v) is 12.2. The number of nitrogens with zero attached hydrogens (tertiary/aromatic N) is 1. The Bertz CT molecular complexity index is 1240. The molecule has 0 spiro atoms. The summed E-state index contributed by atoms with van der Waals surface area (Å²) in [5.74, 6) is -0.642. The molecule has 7 heteroatoms. The molecule has 2 fully saturated rings. The predicted molar refractivity (Wildman–Crippen MR) is 134 cm³/mol. The number of carbonyl (C=O) groups is 3. The minimum absolute atomic E-state index is 0.0157. The van der Waals surface area contributed by atoms with E-state index in [9.17, 15) is 19.5 Å². The standard InChI is InChI=1S/C29H28N2O5/c32-23-14-8-19(9-15-23)17-24(29(35)31-16-4-7-26-27(31)25(33)18-36-26)30-28(34)22-12-10-21(11-13-22)20-5-2-1-3-6-20/h1-3,5-6,8-15,24,26-27,32H,4,7,16-18H2,(H,30,34). The van der Waals surface area contributed by atoms with E-state index in [1.165, 1.54) is 0 Å². The van der Waals surface area contributed by atoms with Gasteiger partial charge in [-0.3, -0.25) is 14.4 Å². The van der Waals surface area contributed by atoms with Crippen LogP contribution in [0.3, 0.4) is 0 Å². The van der Waals surface area contributed by atoms with E-state index in [1.54, 1.807) is 41.3 Å². The lowest BCUT2D eigenvalue weighted by molar-refractivity contribution is -0.142. The topological polar surface area (TPSA) is 95.9 Å². The number of Topliss-reactive ketones (excluding diaryl/α,β-unsaturated/α-hetero) is 1. The molecule has 2 saturated heterocycles. The summed E-state index contributed by atoms with van der Waals surface area (Å²) in [7, 11) is 0. The molecule has 0 saturated carbocycles. The number of piperidine rings is 1. The largest absolute Gasteiger partial charge is 0.508 e. The maximum Gasteiger partial charge on any atom is 0.251 e. The number of ether oxygens (including phenoxy) is 1. The predicted octanol–water partition coefficient (Wildman–Crippen LogP) is 3.36. The van der Waals surface area contributed by atoms with E-state index in [0.29, 0.717) is 12.1 Å². The average Bonchev–Trinajstić information content (AvgIpc) is 3.30. The van der Waals surface area contributed by atoms with Crippen molar-refractivity contribution in [3.63, 3.8) is 0 Å². The highest BCUT2D eigenvalue weighted by Gasteiger charge is 2.45. The number of amides is 2. The molecular formula is C29H28N2O5. The van der Waals surface area contributed by atoms with Crippen molar-refractivity contribution in [2.45, 2.75) is 37.5 Å². The maximum atomic E-state index is 13.7. The second-order valence-electron chi connectivity index (χ2n) is 9.27. The molecule has 0 aliphatic carbocycles. The Morgan fingerprint density at radius 1 is 0.972 bits per heavy atom. The quantitative estimate of drug-likeness (QED) is 0.560. The van der Waals surface area contributed by atoms with E-state index in [-0.39, 0.29) is 42.5 Å². The number of carbonyl (C=O) groups excluding carboxylic acids is 3. The third-order valence-corrected chi connectivity index (χ3v) is 6.86. The highest BCUT2D eigenvalue weighted by atomic mass is 16.5. The van der Waals surface area contributed by atoms with Crippen molar-refractivity contribution < 1.29 is 24.2 Å². The van der Waals surface area contributed by atoms with Gasteiger partial charge in [-0.2, -0.15) is 0 Å². The molecule has 184 valence electrons. The highest BCUT2D eigenvalue weighted by Crippen LogP contribution is 2.27. The SMILES string of the molecule is O=C(NC(Cc1ccc(O)cc1)C(=O)N1CCCC2OCC(=O)C21)c1ccc(-c2ccccc2)cc1. The summed E-state index contributed by atoms with van der Waals surface area (Å²) in [6.45, 7) is 0.463. The summed E-state index contributed by atoms with van der Waals surface area (Å²) in [6, 6.07) is 22.2. The van der Waals surface area contributed by atoms with Crippen molar-refractivity contribution in [2.75, 3.05) is 13.2 Å². The molecule has 5 rings (SSSR count). The van der Waals surface area contributed by atoms with Crippen molar-refractivity contribution in [3.8, 4) is 16.9 Å². The number of benzene rings is 3. The number of ketones is 1. The number of aromatic hydroxyl groups is 1. The fourth-order valence-corrected chi connectivity index (χ4v) is 4.99. The average molecular weight is 485 g/mol. The van der Waals surface area contributed by atoms with Crippen LogP contribution in [0.25, 0.3) is 11.1 Å². The molecule has 2 N–H and O–H groups in total. The Balaban J connectivity index is 1.37. The molecule has 7 nitrogen and oxygen atoms in total. The van der Waals surface area contributed by atoms with Crippen LogP contribution in [0.1, 0.15) is 28.8 Å². The Labute approximate surface area is 209 Å². The number of likely N-dealkylation sites (tertiary alicyclic amines) is 1. The number of hydrogen-bond acceptors (Lipinski definition) is 5. The fraction of sp³-hybridized carbons (Fsp3) is 0.276. The number of hydrogen-bond donors (Lipinski definition) is 2. The first-order chi connectivity index (χ1) is 17.5. The number of rotatable bonds is 6. The molecule has 2 amide bonds. The second kappa shape index (κ2) is 10.3. The van der Waals surface area contributed by atoms with Crippen LogP contribution in [0.15, 0.2) is 78.9 Å². The van der Waals surface area contributed by atoms with Gasteiger partial charge in [0, 0.05) is 18.5 Å². The second-order valence-corrected chi connectivity index (χ2v) is 9.27. The van der Waals surface area contributed by atoms with Crippen LogP contribution in [-0.4, -0.2) is 58.9 Å². The zero-order valence-electron chi connectivity index (χ0n) is 19.8. The summed E-state index contributed by atoms with van der Waals surface area (Å²) in [5, 5.41) is 12.5. The Morgan fingerprint density at radius 3 is 2.39 bits per heavy atom. The van der Waals surface area contributed by atoms with Crippen LogP contribution in [0.5, 0.6) is 5.75 Å². The molecule has 3 unspecified atom stereocenters. The van der Waals surface area contributed by atoms with Crippen molar-refractivity contribution >= 4 is 17.6 Å². The Kier molecular flexibility index (Phi) is 6.82. The lowest BCUT2D eigenvalue weighted by Crippen LogP contribution is -2.58. The van der Waals surface area contributed by atoms with Crippen LogP contribution < -0.4 is 5.32 Å². The number of phenols is 1. The minimum atomic E-state index is -0.872. The first-order valence-electron chi connectivity index (χ1n) is 12.2. The lowest BCUT2D eigenvalue weighted by atomic mass is 9.95. The lowest BCUT2D eigenvalue weighted by Gasteiger charge is -2.37. The summed E-state index contributed by atoms with van der Waals surface area (Å²) < 4.78 is 5.60. The van der Waals surface area contributed by atoms with Gasteiger partial charge in [0.05, 0.1) is 6.10 Å². The normalized spacial score (nSPS) is 20.0. The first kappa shape index (κ1) is 23.8. The van der Waals surface area contributed by atoms with E-state index in [0.717, 1.165) is 29.5 Å². The molecule has 0 aromatic heterocycles. The molecule has 2 aliphatic rings. The monoisotopic (exact) mass is 484 g/mol. The molecule has 3 aromatic carbocycles. The van der Waals surface area contributed by atoms with Crippen LogP contribution in [0.2, 0.25) is 0 Å². The maximum absolute atomic E-state index is 13.7. The van der Waals surface area contributed by atoms with E-state index >= 15 is 0 Å². The number of fused-ring (bicyclic) bond motifs is 1. The van der Waals surface area contributed by atoms with Crippen LogP contribution in [-0.2, 0) is 20.7 Å². The summed E-state index contributed by atoms with van der Waals surface area (Å²) >= 11 is 0. The van der Waals surface area contributed by atoms with Crippen LogP contribution in [0.4, 0.5) is 0 Å². The number of phenolic OH excluding ortho intramolecular Hbond substituents is 1. The van der Waals surface area contributed by atoms with Gasteiger partial charge < -0.3 is 20.1 Å². The van der Waals surface area contributed by atoms with Gasteiger partial charge in [0.1, 0.15) is 24.4 Å². The molecule has 2 heterocycles. The van der Waals surface area contributed by atoms with Gasteiger partial charge in [-0.25, -0.2) is 0 Å². The summed E-state index contributed by atoms with van der Waals surface area (Å²) in [6.07, 6.45) is 1.42. The highest BCUT2D eigenvalue weighted by molar-refractivity contribution is 5.99. The Hall–Kier alpha value is -3.97. The van der Waals surface area contributed by atoms with Crippen molar-refractivity contribution in [1.29, 1.82) is 0 Å². The summed E-state index contributed by atoms with van der Waals surface area (Å²) in [4.78, 5) is 41.0. The zero-order valence-corrected chi connectivity index (χ0v) is 19.8. The summed E-state index contributed by atoms with van der Waals surface area (Å²) in [5.41, 5.74) is 3.26. The molecule has 0 bridgehead atoms. The Morgan fingerprint density at radius 2 is 1.67 bits per heavy atom. The third kappa shape index (κ3) is 5.02. The molecular weight excluding hydrogens is 456 g/mol. The van der Waals surface area contributed by atoms with Gasteiger partial charge in [-0.05, 0) is 53.8 Å². The zero-order chi connectivity index (χ0) is 25.1. The van der Waals surface area contributed by atoms with Gasteiger partial charge in [0.25, 0.3) is 5.91 Å². The van der Waals surface area contributed by atoms with Gasteiger partial charge in [0.15, 0.2) is 5.78 Å². The van der Waals surface area contributed by atoms with E-state index < -0.39 is 12.1 Å². The third-order valence-electron chi connectivity index (χ3n) is 6.86. The molecule has 2 aliphatic heterocycles. The van der Waals surface area contributed by atoms with Crippen LogP contribution in [0, 0.1) is 0 Å². The van der Waals surface area contributed by atoms with Gasteiger partial charge in [-0.15, -0.1) is 0 Å². The molecule has 3 aromatic rings. The van der Waals surface area contributed by atoms with Gasteiger partial charge in [-0.1, -0.05) is 54.6 Å². The molecule has 0 radical (unpaired) electrons. The van der Waals surface area contributed by atoms with Gasteiger partial charge in [0.2, 0.25) is 5.91 Å². The molecule has 36 heavy (non-hydrogen) atoms. The van der Waals surface area contributed by atoms with E-state index in [2.05, 4.69) is 5.32 Å². The van der Waals surface area contributed by atoms with E-state index in [4.69, 9.17) is 4.74 Å². The van der Waals surface area contributed by atoms with Crippen LogP contribution >= 0.6 is 0 Å². The van der Waals surface area contributed by atoms with E-state index in [1.807, 2.05) is 42.5 Å². The minimum Gasteiger partial charge on any atom is -0.508 e. The smallest absolute Gasteiger partial charge is 0.251 e. The number of nitrogens with one attached hydrogen (secondary N) is 1. The fourth-order valence-electron chi connectivity index (χ4n) is 4.99. The van der Waals surface area contributed by atoms with Crippen molar-refractivity contribution in [1.82, 2.24) is 10.2 Å².